The molecule has 2 aromatic rings. The third kappa shape index (κ3) is 4.09. The summed E-state index contributed by atoms with van der Waals surface area (Å²) in [5.74, 6) is 2.43. The maximum Gasteiger partial charge on any atom is 0.238 e. The van der Waals surface area contributed by atoms with Gasteiger partial charge in [-0.05, 0) is 20.8 Å². The average Bonchev–Trinajstić information content (AvgIpc) is 3.13. The van der Waals surface area contributed by atoms with Crippen molar-refractivity contribution < 1.29 is 9.32 Å². The molecule has 0 spiro atoms. The number of amides is 1. The fraction of sp³-hybridized carbons (Fsp3) is 0.571. The van der Waals surface area contributed by atoms with Crippen LogP contribution in [0.5, 0.6) is 0 Å². The molecular formula is C14H21N5O2S. The van der Waals surface area contributed by atoms with E-state index in [2.05, 4.69) is 20.6 Å². The van der Waals surface area contributed by atoms with E-state index in [0.29, 0.717) is 29.7 Å². The molecule has 22 heavy (non-hydrogen) atoms. The number of aryl methyl sites for hydroxylation is 1. The van der Waals surface area contributed by atoms with Gasteiger partial charge in [-0.3, -0.25) is 4.79 Å². The number of anilines is 1. The minimum Gasteiger partial charge on any atom is -0.339 e. The highest BCUT2D eigenvalue weighted by molar-refractivity contribution is 7.99. The first kappa shape index (κ1) is 16.5. The van der Waals surface area contributed by atoms with Crippen LogP contribution in [0.2, 0.25) is 0 Å². The van der Waals surface area contributed by atoms with E-state index in [-0.39, 0.29) is 17.2 Å². The average molecular weight is 323 g/mol. The summed E-state index contributed by atoms with van der Waals surface area (Å²) in [7, 11) is 0. The third-order valence-electron chi connectivity index (χ3n) is 3.05. The van der Waals surface area contributed by atoms with Gasteiger partial charge in [0.15, 0.2) is 5.82 Å². The van der Waals surface area contributed by atoms with Gasteiger partial charge in [-0.15, -0.1) is 11.8 Å². The van der Waals surface area contributed by atoms with E-state index in [0.717, 1.165) is 0 Å². The van der Waals surface area contributed by atoms with Crippen LogP contribution in [-0.2, 0) is 17.0 Å². The molecule has 2 rings (SSSR count). The van der Waals surface area contributed by atoms with Crippen molar-refractivity contribution in [3.8, 4) is 0 Å². The normalized spacial score (nSPS) is 12.6. The van der Waals surface area contributed by atoms with Crippen LogP contribution in [0.25, 0.3) is 0 Å². The van der Waals surface area contributed by atoms with E-state index in [1.807, 2.05) is 27.7 Å². The van der Waals surface area contributed by atoms with Gasteiger partial charge in [-0.2, -0.15) is 10.1 Å². The van der Waals surface area contributed by atoms with Crippen LogP contribution in [0, 0.1) is 0 Å². The van der Waals surface area contributed by atoms with Crippen molar-refractivity contribution in [1.82, 2.24) is 19.9 Å². The van der Waals surface area contributed by atoms with Gasteiger partial charge in [0.25, 0.3) is 0 Å². The second-order valence-corrected chi connectivity index (χ2v) is 6.48. The molecule has 120 valence electrons. The van der Waals surface area contributed by atoms with E-state index >= 15 is 0 Å². The summed E-state index contributed by atoms with van der Waals surface area (Å²) in [6, 6.07) is 1.99. The minimum absolute atomic E-state index is 0.0633. The highest BCUT2D eigenvalue weighted by Crippen LogP contribution is 2.19. The number of carbonyl (C=O) groups excluding carboxylic acids is 1. The highest BCUT2D eigenvalue weighted by Gasteiger charge is 2.17. The van der Waals surface area contributed by atoms with Crippen LogP contribution in [0.15, 0.2) is 16.8 Å². The van der Waals surface area contributed by atoms with Gasteiger partial charge in [0.2, 0.25) is 11.8 Å². The predicted molar refractivity (Wildman–Crippen MR) is 85.7 cm³/mol. The molecule has 0 aliphatic rings. The Morgan fingerprint density at radius 2 is 2.23 bits per heavy atom. The quantitative estimate of drug-likeness (QED) is 0.843. The molecule has 8 heteroatoms. The lowest BCUT2D eigenvalue weighted by molar-refractivity contribution is -0.115. The molecule has 0 aliphatic carbocycles. The molecule has 0 saturated carbocycles. The Morgan fingerprint density at radius 3 is 2.86 bits per heavy atom. The summed E-state index contributed by atoms with van der Waals surface area (Å²) >= 11 is 1.47. The summed E-state index contributed by atoms with van der Waals surface area (Å²) < 4.78 is 6.83. The molecule has 1 amide bonds. The zero-order valence-corrected chi connectivity index (χ0v) is 14.1. The minimum atomic E-state index is -0.223. The molecule has 1 N–H and O–H groups in total. The van der Waals surface area contributed by atoms with Crippen molar-refractivity contribution in [2.45, 2.75) is 51.2 Å². The van der Waals surface area contributed by atoms with Crippen molar-refractivity contribution in [3.05, 3.63) is 24.0 Å². The third-order valence-corrected chi connectivity index (χ3v) is 4.19. The van der Waals surface area contributed by atoms with Gasteiger partial charge in [0, 0.05) is 18.5 Å². The SMILES string of the molecule is CCc1nc(CSC(C)C(=O)Nc2ccnn2C(C)C)no1. The van der Waals surface area contributed by atoms with Crippen LogP contribution in [0.1, 0.15) is 45.5 Å². The van der Waals surface area contributed by atoms with Gasteiger partial charge in [-0.25, -0.2) is 4.68 Å². The number of thioether (sulfide) groups is 1. The molecular weight excluding hydrogens is 302 g/mol. The van der Waals surface area contributed by atoms with E-state index in [9.17, 15) is 4.79 Å². The fourth-order valence-electron chi connectivity index (χ4n) is 1.82. The zero-order chi connectivity index (χ0) is 16.1. The molecule has 1 atom stereocenters. The molecule has 0 bridgehead atoms. The maximum atomic E-state index is 12.2. The van der Waals surface area contributed by atoms with Crippen LogP contribution in [-0.4, -0.2) is 31.1 Å². The topological polar surface area (TPSA) is 85.8 Å². The van der Waals surface area contributed by atoms with Gasteiger partial charge >= 0.3 is 0 Å². The van der Waals surface area contributed by atoms with Gasteiger partial charge in [0.1, 0.15) is 5.82 Å². The standard InChI is InChI=1S/C14H21N5O2S/c1-5-13-16-11(18-21-13)8-22-10(4)14(20)17-12-6-7-15-19(12)9(2)3/h6-7,9-10H,5,8H2,1-4H3,(H,17,20). The Morgan fingerprint density at radius 1 is 1.45 bits per heavy atom. The zero-order valence-electron chi connectivity index (χ0n) is 13.2. The van der Waals surface area contributed by atoms with E-state index < -0.39 is 0 Å². The Kier molecular flexibility index (Phi) is 5.59. The largest absolute Gasteiger partial charge is 0.339 e. The van der Waals surface area contributed by atoms with Gasteiger partial charge in [-0.1, -0.05) is 12.1 Å². The number of hydrogen-bond donors (Lipinski definition) is 1. The van der Waals surface area contributed by atoms with Crippen LogP contribution in [0.3, 0.4) is 0 Å². The Labute approximate surface area is 133 Å². The van der Waals surface area contributed by atoms with Gasteiger partial charge in [0.05, 0.1) is 17.2 Å². The highest BCUT2D eigenvalue weighted by atomic mass is 32.2. The molecule has 2 aromatic heterocycles. The monoisotopic (exact) mass is 323 g/mol. The molecule has 0 fully saturated rings. The number of carbonyl (C=O) groups is 1. The number of nitrogens with zero attached hydrogens (tertiary/aromatic N) is 4. The summed E-state index contributed by atoms with van der Waals surface area (Å²) in [6.45, 7) is 7.85. The maximum absolute atomic E-state index is 12.2. The van der Waals surface area contributed by atoms with Crippen LogP contribution >= 0.6 is 11.8 Å². The van der Waals surface area contributed by atoms with E-state index in [4.69, 9.17) is 4.52 Å². The first-order chi connectivity index (χ1) is 10.5. The first-order valence-corrected chi connectivity index (χ1v) is 8.33. The second-order valence-electron chi connectivity index (χ2n) is 5.16. The van der Waals surface area contributed by atoms with Crippen molar-refractivity contribution in [2.75, 3.05) is 5.32 Å². The lowest BCUT2D eigenvalue weighted by Crippen LogP contribution is -2.24. The van der Waals surface area contributed by atoms with Crippen molar-refractivity contribution in [3.63, 3.8) is 0 Å². The predicted octanol–water partition coefficient (Wildman–Crippen LogP) is 2.67. The Hall–Kier alpha value is -1.83. The smallest absolute Gasteiger partial charge is 0.238 e. The van der Waals surface area contributed by atoms with E-state index in [1.54, 1.807) is 16.9 Å². The molecule has 7 nitrogen and oxygen atoms in total. The number of aromatic nitrogens is 4. The summed E-state index contributed by atoms with van der Waals surface area (Å²) in [4.78, 5) is 16.5. The number of rotatable bonds is 7. The fourth-order valence-corrected chi connectivity index (χ4v) is 2.55. The number of hydrogen-bond acceptors (Lipinski definition) is 6. The summed E-state index contributed by atoms with van der Waals surface area (Å²) in [5.41, 5.74) is 0. The first-order valence-electron chi connectivity index (χ1n) is 7.28. The Balaban J connectivity index is 1.87. The van der Waals surface area contributed by atoms with Gasteiger partial charge < -0.3 is 9.84 Å². The van der Waals surface area contributed by atoms with Crippen LogP contribution in [0.4, 0.5) is 5.82 Å². The molecule has 0 saturated heterocycles. The Bertz CT molecular complexity index is 622. The molecule has 0 radical (unpaired) electrons. The molecule has 1 unspecified atom stereocenters. The summed E-state index contributed by atoms with van der Waals surface area (Å²) in [5, 5.41) is 10.8. The van der Waals surface area contributed by atoms with E-state index in [1.165, 1.54) is 11.8 Å². The number of nitrogens with one attached hydrogen (secondary N) is 1. The second kappa shape index (κ2) is 7.44. The van der Waals surface area contributed by atoms with Crippen LogP contribution < -0.4 is 5.32 Å². The lowest BCUT2D eigenvalue weighted by Gasteiger charge is -2.14. The van der Waals surface area contributed by atoms with Crippen molar-refractivity contribution >= 4 is 23.5 Å². The lowest BCUT2D eigenvalue weighted by atomic mass is 10.4. The van der Waals surface area contributed by atoms with Crippen molar-refractivity contribution in [1.29, 1.82) is 0 Å². The van der Waals surface area contributed by atoms with Crippen molar-refractivity contribution in [2.24, 2.45) is 0 Å². The molecule has 0 aliphatic heterocycles. The molecule has 0 aromatic carbocycles. The molecule has 2 heterocycles. The summed E-state index contributed by atoms with van der Waals surface area (Å²) in [6.07, 6.45) is 2.39.